The molecule has 0 saturated heterocycles. The van der Waals surface area contributed by atoms with Crippen molar-refractivity contribution in [2.75, 3.05) is 0 Å². The minimum atomic E-state index is 0. The standard InChI is InChI=1S/C11H13.Cu/c1-3-4-7-11-8-5-6-10(2)9-11;/h1,3,5-6,8-9H,4,7H2,2H3;/q-1;+1. The van der Waals surface area contributed by atoms with Crippen LogP contribution >= 0.6 is 0 Å². The van der Waals surface area contributed by atoms with E-state index in [0.717, 1.165) is 12.8 Å². The van der Waals surface area contributed by atoms with E-state index in [0.29, 0.717) is 0 Å². The fourth-order valence-electron chi connectivity index (χ4n) is 1.12. The third kappa shape index (κ3) is 3.75. The van der Waals surface area contributed by atoms with Crippen molar-refractivity contribution in [3.05, 3.63) is 48.0 Å². The Morgan fingerprint density at radius 3 is 2.75 bits per heavy atom. The van der Waals surface area contributed by atoms with Crippen molar-refractivity contribution < 1.29 is 17.1 Å². The Balaban J connectivity index is 0.00000121. The topological polar surface area (TPSA) is 0 Å². The zero-order valence-electron chi connectivity index (χ0n) is 7.18. The fourth-order valence-corrected chi connectivity index (χ4v) is 1.12. The van der Waals surface area contributed by atoms with Gasteiger partial charge < -0.3 is 6.58 Å². The molecule has 0 aromatic heterocycles. The summed E-state index contributed by atoms with van der Waals surface area (Å²) in [6.45, 7) is 7.40. The van der Waals surface area contributed by atoms with Gasteiger partial charge in [0.15, 0.2) is 0 Å². The maximum atomic E-state index is 5.29. The maximum absolute atomic E-state index is 5.29. The summed E-state index contributed by atoms with van der Waals surface area (Å²) in [5.41, 5.74) is 2.69. The minimum absolute atomic E-state index is 0. The molecule has 0 atom stereocenters. The first-order valence-electron chi connectivity index (χ1n) is 3.92. The molecular formula is C11H13Cu. The molecule has 0 saturated carbocycles. The van der Waals surface area contributed by atoms with Crippen LogP contribution in [0, 0.1) is 13.5 Å². The van der Waals surface area contributed by atoms with E-state index in [1.807, 2.05) is 0 Å². The molecule has 0 bridgehead atoms. The van der Waals surface area contributed by atoms with Crippen molar-refractivity contribution in [1.82, 2.24) is 0 Å². The van der Waals surface area contributed by atoms with Crippen molar-refractivity contribution in [2.45, 2.75) is 19.8 Å². The Kier molecular flexibility index (Phi) is 5.78. The summed E-state index contributed by atoms with van der Waals surface area (Å²) >= 11 is 0. The number of rotatable bonds is 3. The summed E-state index contributed by atoms with van der Waals surface area (Å²) < 4.78 is 0. The third-order valence-corrected chi connectivity index (χ3v) is 1.68. The molecule has 0 unspecified atom stereocenters. The molecule has 1 aromatic carbocycles. The molecule has 0 N–H and O–H groups in total. The molecule has 1 rings (SSSR count). The van der Waals surface area contributed by atoms with E-state index >= 15 is 0 Å². The van der Waals surface area contributed by atoms with Crippen LogP contribution in [0.2, 0.25) is 0 Å². The van der Waals surface area contributed by atoms with Crippen molar-refractivity contribution in [3.8, 4) is 0 Å². The Morgan fingerprint density at radius 1 is 1.42 bits per heavy atom. The van der Waals surface area contributed by atoms with Gasteiger partial charge in [-0.05, 0) is 18.9 Å². The molecule has 1 aromatic rings. The van der Waals surface area contributed by atoms with Crippen LogP contribution in [0.15, 0.2) is 30.3 Å². The monoisotopic (exact) mass is 208 g/mol. The van der Waals surface area contributed by atoms with Gasteiger partial charge in [0.2, 0.25) is 0 Å². The van der Waals surface area contributed by atoms with Crippen LogP contribution in [0.4, 0.5) is 0 Å². The predicted octanol–water partition coefficient (Wildman–Crippen LogP) is 2.91. The van der Waals surface area contributed by atoms with Gasteiger partial charge in [-0.3, -0.25) is 6.08 Å². The molecule has 0 aliphatic heterocycles. The summed E-state index contributed by atoms with van der Waals surface area (Å²) in [6.07, 6.45) is 3.73. The molecule has 0 aliphatic carbocycles. The summed E-state index contributed by atoms with van der Waals surface area (Å²) in [5, 5.41) is 0. The normalized spacial score (nSPS) is 8.75. The van der Waals surface area contributed by atoms with Crippen molar-refractivity contribution in [3.63, 3.8) is 0 Å². The average molecular weight is 209 g/mol. The number of benzene rings is 1. The van der Waals surface area contributed by atoms with Crippen LogP contribution in [0.3, 0.4) is 0 Å². The molecular weight excluding hydrogens is 196 g/mol. The molecule has 0 spiro atoms. The molecule has 0 amide bonds. The van der Waals surface area contributed by atoms with Crippen LogP contribution in [0.1, 0.15) is 17.5 Å². The quantitative estimate of drug-likeness (QED) is 0.530. The van der Waals surface area contributed by atoms with E-state index in [9.17, 15) is 0 Å². The second-order valence-corrected chi connectivity index (χ2v) is 2.76. The van der Waals surface area contributed by atoms with Gasteiger partial charge in [0.05, 0.1) is 0 Å². The SMILES string of the molecule is [CH-]=CCCc1cccc(C)c1.[Cu+]. The Hall–Kier alpha value is -0.521. The van der Waals surface area contributed by atoms with E-state index in [1.165, 1.54) is 11.1 Å². The van der Waals surface area contributed by atoms with Gasteiger partial charge in [0, 0.05) is 0 Å². The Morgan fingerprint density at radius 2 is 2.17 bits per heavy atom. The molecule has 68 valence electrons. The van der Waals surface area contributed by atoms with Crippen LogP contribution in [-0.2, 0) is 23.5 Å². The van der Waals surface area contributed by atoms with Gasteiger partial charge in [-0.25, -0.2) is 0 Å². The summed E-state index contributed by atoms with van der Waals surface area (Å²) in [7, 11) is 0. The zero-order chi connectivity index (χ0) is 8.10. The van der Waals surface area contributed by atoms with Crippen LogP contribution in [0.5, 0.6) is 0 Å². The van der Waals surface area contributed by atoms with Gasteiger partial charge in [-0.1, -0.05) is 36.2 Å². The van der Waals surface area contributed by atoms with Gasteiger partial charge >= 0.3 is 17.1 Å². The molecule has 0 fully saturated rings. The van der Waals surface area contributed by atoms with E-state index in [4.69, 9.17) is 6.58 Å². The van der Waals surface area contributed by atoms with Crippen molar-refractivity contribution in [2.24, 2.45) is 0 Å². The van der Waals surface area contributed by atoms with Crippen LogP contribution < -0.4 is 0 Å². The molecule has 0 radical (unpaired) electrons. The summed E-state index contributed by atoms with van der Waals surface area (Å²) in [6, 6.07) is 8.52. The summed E-state index contributed by atoms with van der Waals surface area (Å²) in [5.74, 6) is 0. The maximum Gasteiger partial charge on any atom is 1.00 e. The number of allylic oxidation sites excluding steroid dienone is 1. The Labute approximate surface area is 85.2 Å². The zero-order valence-corrected chi connectivity index (χ0v) is 8.12. The average Bonchev–Trinajstić information content (AvgIpc) is 2.01. The molecule has 12 heavy (non-hydrogen) atoms. The second-order valence-electron chi connectivity index (χ2n) is 2.76. The fraction of sp³-hybridized carbons (Fsp3) is 0.273. The Bertz CT molecular complexity index is 241. The number of aryl methyl sites for hydroxylation is 2. The van der Waals surface area contributed by atoms with Crippen LogP contribution in [0.25, 0.3) is 0 Å². The summed E-state index contributed by atoms with van der Waals surface area (Å²) in [4.78, 5) is 0. The molecule has 0 heterocycles. The van der Waals surface area contributed by atoms with Gasteiger partial charge in [-0.2, -0.15) is 0 Å². The van der Waals surface area contributed by atoms with Crippen LogP contribution in [-0.4, -0.2) is 0 Å². The second kappa shape index (κ2) is 6.05. The third-order valence-electron chi connectivity index (χ3n) is 1.68. The van der Waals surface area contributed by atoms with Gasteiger partial charge in [0.25, 0.3) is 0 Å². The molecule has 1 heteroatoms. The van der Waals surface area contributed by atoms with Gasteiger partial charge in [-0.15, -0.1) is 0 Å². The van der Waals surface area contributed by atoms with Crippen molar-refractivity contribution in [1.29, 1.82) is 0 Å². The number of hydrogen-bond donors (Lipinski definition) is 0. The largest absolute Gasteiger partial charge is 1.00 e. The van der Waals surface area contributed by atoms with E-state index < -0.39 is 0 Å². The minimum Gasteiger partial charge on any atom is -0.518 e. The first-order valence-corrected chi connectivity index (χ1v) is 3.92. The van der Waals surface area contributed by atoms with E-state index in [2.05, 4.69) is 31.2 Å². The smallest absolute Gasteiger partial charge is 0.518 e. The first kappa shape index (κ1) is 11.5. The van der Waals surface area contributed by atoms with E-state index in [-0.39, 0.29) is 17.1 Å². The first-order chi connectivity index (χ1) is 5.33. The van der Waals surface area contributed by atoms with Crippen molar-refractivity contribution >= 4 is 0 Å². The number of hydrogen-bond acceptors (Lipinski definition) is 0. The predicted molar refractivity (Wildman–Crippen MR) is 48.4 cm³/mol. The molecule has 0 nitrogen and oxygen atoms in total. The molecule has 0 aliphatic rings. The van der Waals surface area contributed by atoms with E-state index in [1.54, 1.807) is 6.08 Å². The van der Waals surface area contributed by atoms with Gasteiger partial charge in [0.1, 0.15) is 0 Å².